The molecule has 1 aliphatic carbocycles. The zero-order valence-corrected chi connectivity index (χ0v) is 12.7. The Labute approximate surface area is 121 Å². The maximum Gasteiger partial charge on any atom is 0.119 e. The number of nitrogens with two attached hydrogens (primary N) is 1. The quantitative estimate of drug-likeness (QED) is 0.833. The van der Waals surface area contributed by atoms with E-state index in [9.17, 15) is 0 Å². The van der Waals surface area contributed by atoms with Crippen molar-refractivity contribution < 1.29 is 9.47 Å². The molecule has 0 aromatic heterocycles. The zero-order chi connectivity index (χ0) is 14.6. The minimum absolute atomic E-state index is 0.158. The lowest BCUT2D eigenvalue weighted by molar-refractivity contribution is 0.104. The largest absolute Gasteiger partial charge is 0.497 e. The summed E-state index contributed by atoms with van der Waals surface area (Å²) in [7, 11) is 3.44. The van der Waals surface area contributed by atoms with Crippen LogP contribution in [0.3, 0.4) is 0 Å². The Kier molecular flexibility index (Phi) is 5.02. The third-order valence-corrected chi connectivity index (χ3v) is 4.36. The summed E-state index contributed by atoms with van der Waals surface area (Å²) in [5.41, 5.74) is 8.63. The number of fused-ring (bicyclic) bond motifs is 1. The molecule has 0 fully saturated rings. The predicted octanol–water partition coefficient (Wildman–Crippen LogP) is 1.81. The fraction of sp³-hybridized carbons (Fsp3) is 0.625. The van der Waals surface area contributed by atoms with Crippen LogP contribution >= 0.6 is 0 Å². The first-order chi connectivity index (χ1) is 9.65. The van der Waals surface area contributed by atoms with Gasteiger partial charge in [0.15, 0.2) is 0 Å². The van der Waals surface area contributed by atoms with Crippen molar-refractivity contribution in [2.75, 3.05) is 27.3 Å². The molecular weight excluding hydrogens is 252 g/mol. The van der Waals surface area contributed by atoms with Crippen molar-refractivity contribution in [2.24, 2.45) is 5.73 Å². The molecule has 112 valence electrons. The van der Waals surface area contributed by atoms with Crippen LogP contribution in [0.25, 0.3) is 0 Å². The summed E-state index contributed by atoms with van der Waals surface area (Å²) < 4.78 is 10.7. The molecule has 0 aliphatic heterocycles. The lowest BCUT2D eigenvalue weighted by atomic mass is 9.76. The Hall–Kier alpha value is -1.10. The Morgan fingerprint density at radius 3 is 2.85 bits per heavy atom. The number of hydrogen-bond donors (Lipinski definition) is 2. The summed E-state index contributed by atoms with van der Waals surface area (Å²) >= 11 is 0. The molecule has 2 unspecified atom stereocenters. The van der Waals surface area contributed by atoms with Crippen molar-refractivity contribution in [1.82, 2.24) is 5.32 Å². The highest BCUT2D eigenvalue weighted by atomic mass is 16.5. The Morgan fingerprint density at radius 1 is 1.40 bits per heavy atom. The van der Waals surface area contributed by atoms with Gasteiger partial charge in [0, 0.05) is 20.2 Å². The number of aryl methyl sites for hydroxylation is 1. The van der Waals surface area contributed by atoms with E-state index >= 15 is 0 Å². The minimum Gasteiger partial charge on any atom is -0.497 e. The number of hydrogen-bond acceptors (Lipinski definition) is 4. The van der Waals surface area contributed by atoms with Crippen molar-refractivity contribution in [1.29, 1.82) is 0 Å². The van der Waals surface area contributed by atoms with Crippen molar-refractivity contribution in [3.8, 4) is 5.75 Å². The van der Waals surface area contributed by atoms with Gasteiger partial charge in [0.25, 0.3) is 0 Å². The van der Waals surface area contributed by atoms with Crippen molar-refractivity contribution in [3.05, 3.63) is 29.3 Å². The number of benzene rings is 1. The van der Waals surface area contributed by atoms with Crippen LogP contribution in [0, 0.1) is 0 Å². The highest BCUT2D eigenvalue weighted by molar-refractivity contribution is 5.42. The van der Waals surface area contributed by atoms with E-state index < -0.39 is 0 Å². The Morgan fingerprint density at radius 2 is 2.20 bits per heavy atom. The predicted molar refractivity (Wildman–Crippen MR) is 81.1 cm³/mol. The molecule has 20 heavy (non-hydrogen) atoms. The summed E-state index contributed by atoms with van der Waals surface area (Å²) in [5, 5.41) is 3.64. The SMILES string of the molecule is COc1ccc2c(c1)C(CN)(NCC(C)OC)CCC2. The van der Waals surface area contributed by atoms with Crippen molar-refractivity contribution in [3.63, 3.8) is 0 Å². The van der Waals surface area contributed by atoms with Gasteiger partial charge in [-0.1, -0.05) is 6.07 Å². The summed E-state index contributed by atoms with van der Waals surface area (Å²) in [5.74, 6) is 0.894. The van der Waals surface area contributed by atoms with Gasteiger partial charge in [-0.3, -0.25) is 0 Å². The lowest BCUT2D eigenvalue weighted by Gasteiger charge is -2.40. The summed E-state index contributed by atoms with van der Waals surface area (Å²) in [6, 6.07) is 6.33. The second-order valence-corrected chi connectivity index (χ2v) is 5.59. The van der Waals surface area contributed by atoms with Gasteiger partial charge < -0.3 is 20.5 Å². The fourth-order valence-corrected chi connectivity index (χ4v) is 2.95. The van der Waals surface area contributed by atoms with Crippen LogP contribution in [0.1, 0.15) is 30.9 Å². The van der Waals surface area contributed by atoms with Gasteiger partial charge in [-0.25, -0.2) is 0 Å². The molecule has 4 heteroatoms. The molecule has 1 aliphatic rings. The average molecular weight is 278 g/mol. The molecule has 0 radical (unpaired) electrons. The molecule has 0 spiro atoms. The van der Waals surface area contributed by atoms with Gasteiger partial charge in [-0.05, 0) is 49.4 Å². The molecule has 1 aromatic rings. The molecule has 1 aromatic carbocycles. The van der Waals surface area contributed by atoms with Crippen LogP contribution in [-0.4, -0.2) is 33.4 Å². The maximum atomic E-state index is 6.13. The second-order valence-electron chi connectivity index (χ2n) is 5.59. The third-order valence-electron chi connectivity index (χ3n) is 4.36. The number of rotatable bonds is 6. The Bertz CT molecular complexity index is 450. The first kappa shape index (κ1) is 15.3. The smallest absolute Gasteiger partial charge is 0.119 e. The van der Waals surface area contributed by atoms with Crippen LogP contribution in [0.15, 0.2) is 18.2 Å². The highest BCUT2D eigenvalue weighted by Crippen LogP contribution is 2.36. The van der Waals surface area contributed by atoms with Crippen LogP contribution < -0.4 is 15.8 Å². The highest BCUT2D eigenvalue weighted by Gasteiger charge is 2.35. The molecule has 2 rings (SSSR count). The molecule has 2 atom stereocenters. The lowest BCUT2D eigenvalue weighted by Crippen LogP contribution is -2.52. The van der Waals surface area contributed by atoms with E-state index in [1.165, 1.54) is 11.1 Å². The molecule has 3 N–H and O–H groups in total. The van der Waals surface area contributed by atoms with Gasteiger partial charge in [-0.15, -0.1) is 0 Å². The molecular formula is C16H26N2O2. The minimum atomic E-state index is -0.158. The molecule has 0 bridgehead atoms. The van der Waals surface area contributed by atoms with E-state index in [0.717, 1.165) is 31.6 Å². The number of nitrogens with one attached hydrogen (secondary N) is 1. The molecule has 4 nitrogen and oxygen atoms in total. The normalized spacial score (nSPS) is 23.2. The first-order valence-electron chi connectivity index (χ1n) is 7.30. The maximum absolute atomic E-state index is 6.13. The van der Waals surface area contributed by atoms with Crippen LogP contribution in [-0.2, 0) is 16.7 Å². The molecule has 0 saturated carbocycles. The molecule has 0 saturated heterocycles. The first-order valence-corrected chi connectivity index (χ1v) is 7.30. The van der Waals surface area contributed by atoms with Crippen molar-refractivity contribution >= 4 is 0 Å². The molecule has 0 amide bonds. The van der Waals surface area contributed by atoms with Gasteiger partial charge in [0.1, 0.15) is 5.75 Å². The standard InChI is InChI=1S/C16H26N2O2/c1-12(19-2)10-18-16(11-17)8-4-5-13-6-7-14(20-3)9-15(13)16/h6-7,9,12,18H,4-5,8,10-11,17H2,1-3H3. The Balaban J connectivity index is 2.30. The van der Waals surface area contributed by atoms with Crippen LogP contribution in [0.4, 0.5) is 0 Å². The van der Waals surface area contributed by atoms with E-state index in [-0.39, 0.29) is 11.6 Å². The van der Waals surface area contributed by atoms with E-state index in [0.29, 0.717) is 6.54 Å². The summed E-state index contributed by atoms with van der Waals surface area (Å²) in [6.45, 7) is 3.44. The zero-order valence-electron chi connectivity index (χ0n) is 12.7. The van der Waals surface area contributed by atoms with Gasteiger partial charge >= 0.3 is 0 Å². The number of methoxy groups -OCH3 is 2. The van der Waals surface area contributed by atoms with Crippen LogP contribution in [0.2, 0.25) is 0 Å². The van der Waals surface area contributed by atoms with Crippen LogP contribution in [0.5, 0.6) is 5.75 Å². The van der Waals surface area contributed by atoms with E-state index in [1.54, 1.807) is 14.2 Å². The third kappa shape index (κ3) is 2.97. The molecule has 0 heterocycles. The van der Waals surface area contributed by atoms with E-state index in [1.807, 2.05) is 6.07 Å². The fourth-order valence-electron chi connectivity index (χ4n) is 2.95. The van der Waals surface area contributed by atoms with Gasteiger partial charge in [-0.2, -0.15) is 0 Å². The number of ether oxygens (including phenoxy) is 2. The monoisotopic (exact) mass is 278 g/mol. The summed E-state index contributed by atoms with van der Waals surface area (Å²) in [4.78, 5) is 0. The topological polar surface area (TPSA) is 56.5 Å². The van der Waals surface area contributed by atoms with Gasteiger partial charge in [0.2, 0.25) is 0 Å². The van der Waals surface area contributed by atoms with Crippen molar-refractivity contribution in [2.45, 2.75) is 37.8 Å². The average Bonchev–Trinajstić information content (AvgIpc) is 2.51. The summed E-state index contributed by atoms with van der Waals surface area (Å²) in [6.07, 6.45) is 3.50. The van der Waals surface area contributed by atoms with Gasteiger partial charge in [0.05, 0.1) is 18.8 Å². The van der Waals surface area contributed by atoms with E-state index in [2.05, 4.69) is 24.4 Å². The second kappa shape index (κ2) is 6.57. The van der Waals surface area contributed by atoms with E-state index in [4.69, 9.17) is 15.2 Å².